The van der Waals surface area contributed by atoms with Crippen LogP contribution in [0.15, 0.2) is 34.9 Å². The molecule has 0 saturated carbocycles. The van der Waals surface area contributed by atoms with Crippen molar-refractivity contribution in [3.05, 3.63) is 53.2 Å². The molecule has 0 bridgehead atoms. The standard InChI is InChI=1S/C15H14FNO3/c1-15(2)10-7-8(16)6-9(12(10)17-14(15)19)13(18)11-4-3-5-20-11/h3-7,13,18H,1-2H3,(H,17,19). The molecule has 2 aromatic rings. The third kappa shape index (κ3) is 1.74. The van der Waals surface area contributed by atoms with E-state index in [1.165, 1.54) is 18.4 Å². The van der Waals surface area contributed by atoms with Crippen LogP contribution in [0.2, 0.25) is 0 Å². The number of amides is 1. The number of hydrogen-bond acceptors (Lipinski definition) is 3. The van der Waals surface area contributed by atoms with E-state index in [-0.39, 0.29) is 5.91 Å². The molecule has 0 spiro atoms. The third-order valence-electron chi connectivity index (χ3n) is 3.72. The number of carbonyl (C=O) groups excluding carboxylic acids is 1. The number of nitrogens with one attached hydrogen (secondary N) is 1. The summed E-state index contributed by atoms with van der Waals surface area (Å²) in [5, 5.41) is 13.0. The molecule has 20 heavy (non-hydrogen) atoms. The second kappa shape index (κ2) is 4.18. The van der Waals surface area contributed by atoms with E-state index >= 15 is 0 Å². The summed E-state index contributed by atoms with van der Waals surface area (Å²) in [5.41, 5.74) is 0.483. The summed E-state index contributed by atoms with van der Waals surface area (Å²) in [6.07, 6.45) is 0.310. The Morgan fingerprint density at radius 2 is 2.15 bits per heavy atom. The van der Waals surface area contributed by atoms with Gasteiger partial charge in [-0.1, -0.05) is 0 Å². The Labute approximate surface area is 115 Å². The van der Waals surface area contributed by atoms with Crippen molar-refractivity contribution in [1.82, 2.24) is 0 Å². The molecule has 4 nitrogen and oxygen atoms in total. The number of rotatable bonds is 2. The molecule has 0 saturated heterocycles. The van der Waals surface area contributed by atoms with Crippen molar-refractivity contribution < 1.29 is 18.7 Å². The summed E-state index contributed by atoms with van der Waals surface area (Å²) < 4.78 is 19.0. The van der Waals surface area contributed by atoms with Crippen LogP contribution < -0.4 is 5.32 Å². The Hall–Kier alpha value is -2.14. The van der Waals surface area contributed by atoms with Crippen molar-refractivity contribution in [1.29, 1.82) is 0 Å². The van der Waals surface area contributed by atoms with Crippen molar-refractivity contribution in [3.63, 3.8) is 0 Å². The van der Waals surface area contributed by atoms with Gasteiger partial charge in [-0.2, -0.15) is 0 Å². The predicted molar refractivity (Wildman–Crippen MR) is 70.8 cm³/mol. The number of anilines is 1. The molecule has 1 amide bonds. The maximum absolute atomic E-state index is 13.8. The van der Waals surface area contributed by atoms with Gasteiger partial charge in [0.25, 0.3) is 0 Å². The van der Waals surface area contributed by atoms with Crippen molar-refractivity contribution in [2.75, 3.05) is 5.32 Å². The minimum absolute atomic E-state index is 0.217. The van der Waals surface area contributed by atoms with Gasteiger partial charge in [-0.3, -0.25) is 4.79 Å². The van der Waals surface area contributed by atoms with Crippen molar-refractivity contribution in [2.24, 2.45) is 0 Å². The number of benzene rings is 1. The number of carbonyl (C=O) groups is 1. The average molecular weight is 275 g/mol. The molecule has 2 heterocycles. The highest BCUT2D eigenvalue weighted by Crippen LogP contribution is 2.43. The lowest BCUT2D eigenvalue weighted by Gasteiger charge is -2.17. The molecule has 5 heteroatoms. The molecule has 1 aliphatic heterocycles. The zero-order valence-corrected chi connectivity index (χ0v) is 11.1. The van der Waals surface area contributed by atoms with E-state index < -0.39 is 17.3 Å². The van der Waals surface area contributed by atoms with Gasteiger partial charge in [0.15, 0.2) is 0 Å². The summed E-state index contributed by atoms with van der Waals surface area (Å²) in [7, 11) is 0. The van der Waals surface area contributed by atoms with Crippen LogP contribution in [0.4, 0.5) is 10.1 Å². The van der Waals surface area contributed by atoms with E-state index in [0.29, 0.717) is 22.6 Å². The molecule has 3 rings (SSSR count). The van der Waals surface area contributed by atoms with Crippen LogP contribution in [-0.2, 0) is 10.2 Å². The maximum atomic E-state index is 13.8. The van der Waals surface area contributed by atoms with Crippen LogP contribution >= 0.6 is 0 Å². The third-order valence-corrected chi connectivity index (χ3v) is 3.72. The average Bonchev–Trinajstić information content (AvgIpc) is 2.99. The first kappa shape index (κ1) is 12.9. The van der Waals surface area contributed by atoms with Crippen LogP contribution in [0.5, 0.6) is 0 Å². The molecule has 2 N–H and O–H groups in total. The first-order chi connectivity index (χ1) is 9.41. The molecule has 1 aromatic carbocycles. The molecule has 1 aliphatic rings. The van der Waals surface area contributed by atoms with Crippen LogP contribution in [0.3, 0.4) is 0 Å². The lowest BCUT2D eigenvalue weighted by molar-refractivity contribution is -0.119. The number of fused-ring (bicyclic) bond motifs is 1. The van der Waals surface area contributed by atoms with E-state index in [4.69, 9.17) is 4.42 Å². The van der Waals surface area contributed by atoms with Crippen molar-refractivity contribution in [2.45, 2.75) is 25.4 Å². The number of aliphatic hydroxyl groups is 1. The molecule has 104 valence electrons. The summed E-state index contributed by atoms with van der Waals surface area (Å²) in [5.74, 6) is -0.406. The van der Waals surface area contributed by atoms with Crippen LogP contribution in [0.1, 0.15) is 36.8 Å². The number of furan rings is 1. The summed E-state index contributed by atoms with van der Waals surface area (Å²) in [6.45, 7) is 3.44. The van der Waals surface area contributed by atoms with Crippen molar-refractivity contribution in [3.8, 4) is 0 Å². The zero-order valence-electron chi connectivity index (χ0n) is 11.1. The molecule has 0 aliphatic carbocycles. The Balaban J connectivity index is 2.17. The van der Waals surface area contributed by atoms with Gasteiger partial charge in [-0.05, 0) is 43.7 Å². The maximum Gasteiger partial charge on any atom is 0.234 e. The van der Waals surface area contributed by atoms with Crippen LogP contribution in [-0.4, -0.2) is 11.0 Å². The predicted octanol–water partition coefficient (Wildman–Crippen LogP) is 2.73. The Bertz CT molecular complexity index is 677. The fourth-order valence-corrected chi connectivity index (χ4v) is 2.47. The molecular weight excluding hydrogens is 261 g/mol. The normalized spacial score (nSPS) is 17.7. The first-order valence-corrected chi connectivity index (χ1v) is 6.28. The first-order valence-electron chi connectivity index (χ1n) is 6.28. The molecule has 1 atom stereocenters. The Kier molecular flexibility index (Phi) is 2.69. The summed E-state index contributed by atoms with van der Waals surface area (Å²) in [6, 6.07) is 5.78. The monoisotopic (exact) mass is 275 g/mol. The second-order valence-corrected chi connectivity index (χ2v) is 5.41. The van der Waals surface area contributed by atoms with E-state index in [2.05, 4.69) is 5.32 Å². The number of hydrogen-bond donors (Lipinski definition) is 2. The van der Waals surface area contributed by atoms with Crippen LogP contribution in [0.25, 0.3) is 0 Å². The van der Waals surface area contributed by atoms with E-state index in [0.717, 1.165) is 0 Å². The van der Waals surface area contributed by atoms with E-state index in [9.17, 15) is 14.3 Å². The highest BCUT2D eigenvalue weighted by atomic mass is 19.1. The number of aliphatic hydroxyl groups excluding tert-OH is 1. The highest BCUT2D eigenvalue weighted by molar-refractivity contribution is 6.06. The van der Waals surface area contributed by atoms with Crippen LogP contribution in [0, 0.1) is 5.82 Å². The largest absolute Gasteiger partial charge is 0.466 e. The fraction of sp³-hybridized carbons (Fsp3) is 0.267. The minimum Gasteiger partial charge on any atom is -0.466 e. The van der Waals surface area contributed by atoms with Gasteiger partial charge in [0.05, 0.1) is 17.4 Å². The Morgan fingerprint density at radius 1 is 1.40 bits per heavy atom. The number of halogens is 1. The molecular formula is C15H14FNO3. The lowest BCUT2D eigenvalue weighted by atomic mass is 9.84. The van der Waals surface area contributed by atoms with Gasteiger partial charge >= 0.3 is 0 Å². The molecule has 1 unspecified atom stereocenters. The van der Waals surface area contributed by atoms with E-state index in [1.54, 1.807) is 26.0 Å². The fourth-order valence-electron chi connectivity index (χ4n) is 2.47. The smallest absolute Gasteiger partial charge is 0.234 e. The summed E-state index contributed by atoms with van der Waals surface area (Å²) in [4.78, 5) is 12.0. The molecule has 1 aromatic heterocycles. The van der Waals surface area contributed by atoms with Crippen molar-refractivity contribution >= 4 is 11.6 Å². The SMILES string of the molecule is CC1(C)C(=O)Nc2c(C(O)c3ccco3)cc(F)cc21. The quantitative estimate of drug-likeness (QED) is 0.885. The highest BCUT2D eigenvalue weighted by Gasteiger charge is 2.41. The van der Waals surface area contributed by atoms with Gasteiger partial charge in [0.2, 0.25) is 5.91 Å². The molecule has 0 fully saturated rings. The Morgan fingerprint density at radius 3 is 2.80 bits per heavy atom. The van der Waals surface area contributed by atoms with Gasteiger partial charge in [-0.25, -0.2) is 4.39 Å². The van der Waals surface area contributed by atoms with Gasteiger partial charge in [0.1, 0.15) is 17.7 Å². The van der Waals surface area contributed by atoms with E-state index in [1.807, 2.05) is 0 Å². The second-order valence-electron chi connectivity index (χ2n) is 5.41. The topological polar surface area (TPSA) is 62.5 Å². The van der Waals surface area contributed by atoms with Gasteiger partial charge in [-0.15, -0.1) is 0 Å². The van der Waals surface area contributed by atoms with Gasteiger partial charge in [0, 0.05) is 5.56 Å². The summed E-state index contributed by atoms with van der Waals surface area (Å²) >= 11 is 0. The molecule has 0 radical (unpaired) electrons. The minimum atomic E-state index is -1.12. The van der Waals surface area contributed by atoms with Gasteiger partial charge < -0.3 is 14.8 Å². The zero-order chi connectivity index (χ0) is 14.5. The lowest BCUT2D eigenvalue weighted by Crippen LogP contribution is -2.26.